The minimum Gasteiger partial charge on any atom is -0.545 e. The third-order valence-electron chi connectivity index (χ3n) is 3.34. The number of hydrogen-bond acceptors (Lipinski definition) is 4. The summed E-state index contributed by atoms with van der Waals surface area (Å²) in [6.45, 7) is 0. The lowest BCUT2D eigenvalue weighted by Gasteiger charge is -2.06. The van der Waals surface area contributed by atoms with E-state index in [-0.39, 0.29) is 16.5 Å². The molecule has 3 rings (SSSR count). The van der Waals surface area contributed by atoms with Crippen molar-refractivity contribution in [2.75, 3.05) is 5.32 Å². The number of nitrogens with one attached hydrogen (secondary N) is 1. The number of carboxylic acid groups (broad SMARTS) is 1. The van der Waals surface area contributed by atoms with Crippen LogP contribution in [0.4, 0.5) is 5.00 Å². The molecule has 0 radical (unpaired) electrons. The van der Waals surface area contributed by atoms with Crippen LogP contribution in [0.5, 0.6) is 0 Å². The molecule has 120 valence electrons. The minimum atomic E-state index is -1.32. The van der Waals surface area contributed by atoms with Crippen LogP contribution in [0.15, 0.2) is 65.1 Å². The normalized spacial score (nSPS) is 10.4. The zero-order valence-electron chi connectivity index (χ0n) is 12.3. The van der Waals surface area contributed by atoms with Crippen molar-refractivity contribution in [1.82, 2.24) is 0 Å². The Hall–Kier alpha value is -2.44. The topological polar surface area (TPSA) is 69.2 Å². The van der Waals surface area contributed by atoms with E-state index in [9.17, 15) is 14.7 Å². The van der Waals surface area contributed by atoms with Crippen LogP contribution in [0.3, 0.4) is 0 Å². The van der Waals surface area contributed by atoms with Crippen LogP contribution in [0.2, 0.25) is 0 Å². The van der Waals surface area contributed by atoms with Crippen LogP contribution < -0.4 is 10.4 Å². The summed E-state index contributed by atoms with van der Waals surface area (Å²) in [6.07, 6.45) is 0. The quantitative estimate of drug-likeness (QED) is 0.723. The van der Waals surface area contributed by atoms with Crippen molar-refractivity contribution in [3.63, 3.8) is 0 Å². The Kier molecular flexibility index (Phi) is 4.78. The Morgan fingerprint density at radius 3 is 2.29 bits per heavy atom. The summed E-state index contributed by atoms with van der Waals surface area (Å²) < 4.78 is 0.858. The van der Waals surface area contributed by atoms with E-state index >= 15 is 0 Å². The van der Waals surface area contributed by atoms with Gasteiger partial charge in [0.1, 0.15) is 5.00 Å². The van der Waals surface area contributed by atoms with Gasteiger partial charge in [-0.15, -0.1) is 11.3 Å². The highest BCUT2D eigenvalue weighted by molar-refractivity contribution is 9.10. The molecule has 24 heavy (non-hydrogen) atoms. The Morgan fingerprint density at radius 2 is 1.67 bits per heavy atom. The van der Waals surface area contributed by atoms with E-state index in [1.54, 1.807) is 24.3 Å². The summed E-state index contributed by atoms with van der Waals surface area (Å²) in [4.78, 5) is 24.4. The number of anilines is 1. The molecule has 0 aliphatic carbocycles. The molecule has 4 nitrogen and oxygen atoms in total. The highest BCUT2D eigenvalue weighted by Crippen LogP contribution is 2.35. The molecule has 0 aliphatic rings. The molecule has 1 heterocycles. The third-order valence-corrected chi connectivity index (χ3v) is 4.97. The van der Waals surface area contributed by atoms with Gasteiger partial charge >= 0.3 is 0 Å². The number of thiophene rings is 1. The van der Waals surface area contributed by atoms with E-state index in [4.69, 9.17) is 0 Å². The number of benzene rings is 2. The second kappa shape index (κ2) is 6.98. The molecule has 0 aliphatic heterocycles. The van der Waals surface area contributed by atoms with Gasteiger partial charge in [0.15, 0.2) is 0 Å². The fourth-order valence-electron chi connectivity index (χ4n) is 2.16. The van der Waals surface area contributed by atoms with Gasteiger partial charge in [0.25, 0.3) is 5.91 Å². The Morgan fingerprint density at radius 1 is 1.00 bits per heavy atom. The van der Waals surface area contributed by atoms with Crippen molar-refractivity contribution < 1.29 is 14.7 Å². The molecule has 0 spiro atoms. The molecule has 0 bridgehead atoms. The third kappa shape index (κ3) is 3.55. The summed E-state index contributed by atoms with van der Waals surface area (Å²) in [5.41, 5.74) is 1.30. The van der Waals surface area contributed by atoms with Crippen LogP contribution >= 0.6 is 27.3 Å². The lowest BCUT2D eigenvalue weighted by molar-refractivity contribution is -0.254. The second-order valence-electron chi connectivity index (χ2n) is 4.97. The first-order valence-electron chi connectivity index (χ1n) is 7.02. The van der Waals surface area contributed by atoms with Gasteiger partial charge < -0.3 is 15.2 Å². The van der Waals surface area contributed by atoms with Gasteiger partial charge in [0.2, 0.25) is 0 Å². The van der Waals surface area contributed by atoms with Crippen molar-refractivity contribution in [1.29, 1.82) is 0 Å². The van der Waals surface area contributed by atoms with Crippen molar-refractivity contribution in [3.05, 3.63) is 76.3 Å². The Bertz CT molecular complexity index is 888. The number of halogens is 1. The van der Waals surface area contributed by atoms with Gasteiger partial charge in [-0.2, -0.15) is 0 Å². The van der Waals surface area contributed by atoms with Crippen LogP contribution in [0.1, 0.15) is 20.7 Å². The summed E-state index contributed by atoms with van der Waals surface area (Å²) in [6, 6.07) is 17.7. The number of hydrogen-bond donors (Lipinski definition) is 1. The van der Waals surface area contributed by atoms with Crippen molar-refractivity contribution in [2.24, 2.45) is 0 Å². The molecule has 3 aromatic rings. The fraction of sp³-hybridized carbons (Fsp3) is 0. The SMILES string of the molecule is O=C(Nc1sc(-c2ccccc2)cc1C(=O)[O-])c1ccc(Br)cc1. The van der Waals surface area contributed by atoms with E-state index in [1.165, 1.54) is 17.4 Å². The Labute approximate surface area is 150 Å². The first kappa shape index (κ1) is 16.4. The number of aromatic carboxylic acids is 1. The second-order valence-corrected chi connectivity index (χ2v) is 6.94. The van der Waals surface area contributed by atoms with Crippen LogP contribution in [-0.4, -0.2) is 11.9 Å². The molecule has 0 fully saturated rings. The molecule has 0 atom stereocenters. The zero-order chi connectivity index (χ0) is 17.1. The highest BCUT2D eigenvalue weighted by Gasteiger charge is 2.15. The van der Waals surface area contributed by atoms with Gasteiger partial charge in [-0.05, 0) is 35.9 Å². The smallest absolute Gasteiger partial charge is 0.256 e. The maximum atomic E-state index is 12.3. The summed E-state index contributed by atoms with van der Waals surface area (Å²) in [5.74, 6) is -1.69. The van der Waals surface area contributed by atoms with Gasteiger partial charge in [-0.1, -0.05) is 46.3 Å². The maximum absolute atomic E-state index is 12.3. The molecule has 0 saturated carbocycles. The fourth-order valence-corrected chi connectivity index (χ4v) is 3.47. The van der Waals surface area contributed by atoms with Gasteiger partial charge in [-0.3, -0.25) is 4.79 Å². The number of carboxylic acids is 1. The van der Waals surface area contributed by atoms with Crippen molar-refractivity contribution >= 4 is 44.1 Å². The maximum Gasteiger partial charge on any atom is 0.256 e. The molecule has 1 amide bonds. The van der Waals surface area contributed by atoms with E-state index in [1.807, 2.05) is 30.3 Å². The molecule has 1 N–H and O–H groups in total. The first-order chi connectivity index (χ1) is 11.5. The van der Waals surface area contributed by atoms with Crippen LogP contribution in [0, 0.1) is 0 Å². The van der Waals surface area contributed by atoms with Gasteiger partial charge in [0.05, 0.1) is 5.97 Å². The Balaban J connectivity index is 1.92. The molecule has 2 aromatic carbocycles. The average Bonchev–Trinajstić information content (AvgIpc) is 3.00. The molecule has 0 unspecified atom stereocenters. The van der Waals surface area contributed by atoms with Crippen molar-refractivity contribution in [3.8, 4) is 10.4 Å². The lowest BCUT2D eigenvalue weighted by Crippen LogP contribution is -2.23. The molecule has 6 heteroatoms. The molecular formula is C18H11BrNO3S-. The average molecular weight is 401 g/mol. The predicted octanol–water partition coefficient (Wildman–Crippen LogP) is 3.79. The van der Waals surface area contributed by atoms with E-state index in [2.05, 4.69) is 21.2 Å². The van der Waals surface area contributed by atoms with E-state index < -0.39 is 5.97 Å². The highest BCUT2D eigenvalue weighted by atomic mass is 79.9. The molecule has 0 saturated heterocycles. The number of carbonyl (C=O) groups is 2. The molecule has 1 aromatic heterocycles. The summed E-state index contributed by atoms with van der Waals surface area (Å²) >= 11 is 4.51. The van der Waals surface area contributed by atoms with Crippen LogP contribution in [0.25, 0.3) is 10.4 Å². The minimum absolute atomic E-state index is 0.0238. The largest absolute Gasteiger partial charge is 0.545 e. The summed E-state index contributed by atoms with van der Waals surface area (Å²) in [5, 5.41) is 14.3. The standard InChI is InChI=1S/C18H12BrNO3S/c19-13-8-6-12(7-9-13)16(21)20-17-14(18(22)23)10-15(24-17)11-4-2-1-3-5-11/h1-10H,(H,20,21)(H,22,23)/p-1. The molecular weight excluding hydrogens is 390 g/mol. The summed E-state index contributed by atoms with van der Waals surface area (Å²) in [7, 11) is 0. The van der Waals surface area contributed by atoms with Gasteiger partial charge in [-0.25, -0.2) is 0 Å². The van der Waals surface area contributed by atoms with Crippen LogP contribution in [-0.2, 0) is 0 Å². The van der Waals surface area contributed by atoms with Crippen molar-refractivity contribution in [2.45, 2.75) is 0 Å². The van der Waals surface area contributed by atoms with Gasteiger partial charge in [0, 0.05) is 20.5 Å². The predicted molar refractivity (Wildman–Crippen MR) is 96.2 cm³/mol. The van der Waals surface area contributed by atoms with E-state index in [0.29, 0.717) is 5.56 Å². The van der Waals surface area contributed by atoms with E-state index in [0.717, 1.165) is 14.9 Å². The number of carbonyl (C=O) groups excluding carboxylic acids is 2. The zero-order valence-corrected chi connectivity index (χ0v) is 14.7. The number of rotatable bonds is 4. The number of amides is 1. The lowest BCUT2D eigenvalue weighted by atomic mass is 10.1. The monoisotopic (exact) mass is 400 g/mol. The first-order valence-corrected chi connectivity index (χ1v) is 8.63.